The molecule has 3 aliphatic rings. The van der Waals surface area contributed by atoms with Gasteiger partial charge in [-0.25, -0.2) is 4.79 Å². The second-order valence-corrected chi connectivity index (χ2v) is 7.55. The smallest absolute Gasteiger partial charge is 0.318 e. The largest absolute Gasteiger partial charge is 0.491 e. The molecule has 2 N–H and O–H groups in total. The molecule has 0 bridgehead atoms. The standard InChI is InChI=1S/C20H27N3O3/c24-19(22-16-13-26-18-11-5-4-9-15(16)18)17-10-6-12-23(17)20(25)21-14-7-2-1-3-8-14/h4-5,9,11,14,16-17H,1-3,6-8,10,12-13H2,(H,21,25)(H,22,24)/t16-,17+/m1/s1. The Morgan fingerprint density at radius 3 is 2.65 bits per heavy atom. The minimum atomic E-state index is -0.383. The molecule has 1 aromatic carbocycles. The molecule has 1 saturated carbocycles. The molecule has 1 aromatic rings. The molecule has 1 aliphatic carbocycles. The summed E-state index contributed by atoms with van der Waals surface area (Å²) in [6.45, 7) is 1.10. The van der Waals surface area contributed by atoms with Crippen LogP contribution < -0.4 is 15.4 Å². The molecule has 26 heavy (non-hydrogen) atoms. The lowest BCUT2D eigenvalue weighted by Gasteiger charge is -2.29. The average molecular weight is 357 g/mol. The fraction of sp³-hybridized carbons (Fsp3) is 0.600. The number of hydrogen-bond donors (Lipinski definition) is 2. The molecular weight excluding hydrogens is 330 g/mol. The topological polar surface area (TPSA) is 70.7 Å². The number of hydrogen-bond acceptors (Lipinski definition) is 3. The Labute approximate surface area is 154 Å². The van der Waals surface area contributed by atoms with Gasteiger partial charge in [-0.15, -0.1) is 0 Å². The number of benzene rings is 1. The zero-order valence-electron chi connectivity index (χ0n) is 15.1. The Hall–Kier alpha value is -2.24. The van der Waals surface area contributed by atoms with Crippen molar-refractivity contribution >= 4 is 11.9 Å². The van der Waals surface area contributed by atoms with Crippen molar-refractivity contribution in [1.82, 2.24) is 15.5 Å². The van der Waals surface area contributed by atoms with E-state index < -0.39 is 0 Å². The Balaban J connectivity index is 1.37. The van der Waals surface area contributed by atoms with Crippen LogP contribution in [0.1, 0.15) is 56.6 Å². The number of rotatable bonds is 3. The summed E-state index contributed by atoms with van der Waals surface area (Å²) in [6.07, 6.45) is 7.30. The van der Waals surface area contributed by atoms with Crippen LogP contribution in [0.3, 0.4) is 0 Å². The van der Waals surface area contributed by atoms with Crippen molar-refractivity contribution in [3.63, 3.8) is 0 Å². The van der Waals surface area contributed by atoms with Gasteiger partial charge in [0.15, 0.2) is 0 Å². The van der Waals surface area contributed by atoms with Crippen LogP contribution in [-0.2, 0) is 4.79 Å². The molecule has 1 saturated heterocycles. The van der Waals surface area contributed by atoms with Crippen LogP contribution in [0.5, 0.6) is 5.75 Å². The van der Waals surface area contributed by atoms with Crippen LogP contribution in [0.4, 0.5) is 4.79 Å². The fourth-order valence-electron chi connectivity index (χ4n) is 4.34. The number of nitrogens with one attached hydrogen (secondary N) is 2. The molecule has 2 fully saturated rings. The molecule has 140 valence electrons. The molecule has 3 amide bonds. The van der Waals surface area contributed by atoms with Crippen molar-refractivity contribution in [3.8, 4) is 5.75 Å². The second-order valence-electron chi connectivity index (χ2n) is 7.55. The van der Waals surface area contributed by atoms with Crippen LogP contribution in [0.2, 0.25) is 0 Å². The predicted octanol–water partition coefficient (Wildman–Crippen LogP) is 2.74. The maximum Gasteiger partial charge on any atom is 0.318 e. The van der Waals surface area contributed by atoms with Crippen LogP contribution in [0, 0.1) is 0 Å². The molecule has 0 unspecified atom stereocenters. The Morgan fingerprint density at radius 1 is 1.00 bits per heavy atom. The van der Waals surface area contributed by atoms with E-state index in [1.54, 1.807) is 4.90 Å². The Morgan fingerprint density at radius 2 is 1.81 bits per heavy atom. The third-order valence-electron chi connectivity index (χ3n) is 5.77. The normalized spacial score (nSPS) is 25.5. The van der Waals surface area contributed by atoms with Crippen LogP contribution in [-0.4, -0.2) is 42.1 Å². The van der Waals surface area contributed by atoms with Gasteiger partial charge < -0.3 is 20.3 Å². The minimum Gasteiger partial charge on any atom is -0.491 e. The van der Waals surface area contributed by atoms with Crippen molar-refractivity contribution in [2.24, 2.45) is 0 Å². The van der Waals surface area contributed by atoms with E-state index in [1.165, 1.54) is 19.3 Å². The summed E-state index contributed by atoms with van der Waals surface area (Å²) < 4.78 is 5.64. The molecule has 0 spiro atoms. The van der Waals surface area contributed by atoms with E-state index in [2.05, 4.69) is 10.6 Å². The van der Waals surface area contributed by atoms with Crippen molar-refractivity contribution in [3.05, 3.63) is 29.8 Å². The van der Waals surface area contributed by atoms with Gasteiger partial charge in [0.05, 0.1) is 6.04 Å². The molecule has 0 radical (unpaired) electrons. The molecule has 2 aliphatic heterocycles. The van der Waals surface area contributed by atoms with Gasteiger partial charge in [-0.2, -0.15) is 0 Å². The summed E-state index contributed by atoms with van der Waals surface area (Å²) in [6, 6.07) is 7.43. The summed E-state index contributed by atoms with van der Waals surface area (Å²) in [4.78, 5) is 27.2. The first kappa shape index (κ1) is 17.2. The van der Waals surface area contributed by atoms with Crippen molar-refractivity contribution < 1.29 is 14.3 Å². The van der Waals surface area contributed by atoms with Gasteiger partial charge in [-0.05, 0) is 31.7 Å². The first-order chi connectivity index (χ1) is 12.7. The fourth-order valence-corrected chi connectivity index (χ4v) is 4.34. The quantitative estimate of drug-likeness (QED) is 0.874. The van der Waals surface area contributed by atoms with Gasteiger partial charge in [0.2, 0.25) is 5.91 Å². The molecule has 2 atom stereocenters. The van der Waals surface area contributed by atoms with Gasteiger partial charge >= 0.3 is 6.03 Å². The van der Waals surface area contributed by atoms with E-state index in [1.807, 2.05) is 24.3 Å². The molecule has 0 aromatic heterocycles. The lowest BCUT2D eigenvalue weighted by Crippen LogP contribution is -2.52. The average Bonchev–Trinajstić information content (AvgIpc) is 3.30. The molecule has 6 nitrogen and oxygen atoms in total. The number of urea groups is 1. The molecule has 6 heteroatoms. The summed E-state index contributed by atoms with van der Waals surface area (Å²) in [5, 5.41) is 6.22. The lowest BCUT2D eigenvalue weighted by molar-refractivity contribution is -0.125. The number of para-hydroxylation sites is 1. The molecule has 4 rings (SSSR count). The van der Waals surface area contributed by atoms with Crippen LogP contribution in [0.25, 0.3) is 0 Å². The second kappa shape index (κ2) is 7.56. The number of ether oxygens (including phenoxy) is 1. The Bertz CT molecular complexity index is 672. The maximum absolute atomic E-state index is 12.8. The van der Waals surface area contributed by atoms with E-state index in [4.69, 9.17) is 4.74 Å². The predicted molar refractivity (Wildman–Crippen MR) is 98.0 cm³/mol. The van der Waals surface area contributed by atoms with Gasteiger partial charge in [0.25, 0.3) is 0 Å². The van der Waals surface area contributed by atoms with E-state index in [0.717, 1.165) is 37.0 Å². The van der Waals surface area contributed by atoms with Crippen molar-refractivity contribution in [2.75, 3.05) is 13.2 Å². The van der Waals surface area contributed by atoms with Gasteiger partial charge in [0, 0.05) is 18.2 Å². The minimum absolute atomic E-state index is 0.0772. The summed E-state index contributed by atoms with van der Waals surface area (Å²) >= 11 is 0. The van der Waals surface area contributed by atoms with E-state index in [0.29, 0.717) is 13.2 Å². The number of carbonyl (C=O) groups is 2. The van der Waals surface area contributed by atoms with Gasteiger partial charge in [-0.1, -0.05) is 37.5 Å². The first-order valence-corrected chi connectivity index (χ1v) is 9.81. The number of likely N-dealkylation sites (tertiary alicyclic amines) is 1. The molecule has 2 heterocycles. The maximum atomic E-state index is 12.8. The highest BCUT2D eigenvalue weighted by atomic mass is 16.5. The zero-order chi connectivity index (χ0) is 17.9. The highest BCUT2D eigenvalue weighted by molar-refractivity contribution is 5.88. The van der Waals surface area contributed by atoms with Gasteiger partial charge in [-0.3, -0.25) is 4.79 Å². The zero-order valence-corrected chi connectivity index (χ0v) is 15.1. The first-order valence-electron chi connectivity index (χ1n) is 9.81. The number of amides is 3. The highest BCUT2D eigenvalue weighted by Crippen LogP contribution is 2.32. The van der Waals surface area contributed by atoms with E-state index in [-0.39, 0.29) is 30.1 Å². The summed E-state index contributed by atoms with van der Waals surface area (Å²) in [7, 11) is 0. The Kier molecular flexibility index (Phi) is 5.00. The van der Waals surface area contributed by atoms with Crippen LogP contribution >= 0.6 is 0 Å². The number of carbonyl (C=O) groups excluding carboxylic acids is 2. The number of nitrogens with zero attached hydrogens (tertiary/aromatic N) is 1. The lowest BCUT2D eigenvalue weighted by atomic mass is 9.96. The van der Waals surface area contributed by atoms with Gasteiger partial charge in [0.1, 0.15) is 18.4 Å². The summed E-state index contributed by atoms with van der Waals surface area (Å²) in [5.41, 5.74) is 1.01. The third-order valence-corrected chi connectivity index (χ3v) is 5.77. The van der Waals surface area contributed by atoms with Crippen LogP contribution in [0.15, 0.2) is 24.3 Å². The summed E-state index contributed by atoms with van der Waals surface area (Å²) in [5.74, 6) is 0.753. The van der Waals surface area contributed by atoms with E-state index >= 15 is 0 Å². The number of fused-ring (bicyclic) bond motifs is 1. The van der Waals surface area contributed by atoms with Crippen molar-refractivity contribution in [1.29, 1.82) is 0 Å². The molecular formula is C20H27N3O3. The third kappa shape index (κ3) is 3.50. The van der Waals surface area contributed by atoms with E-state index in [9.17, 15) is 9.59 Å². The SMILES string of the molecule is O=C(N[C@@H]1COc2ccccc21)[C@@H]1CCCN1C(=O)NC1CCCCC1. The monoisotopic (exact) mass is 357 g/mol. The van der Waals surface area contributed by atoms with Crippen molar-refractivity contribution in [2.45, 2.75) is 63.1 Å². The highest BCUT2D eigenvalue weighted by Gasteiger charge is 2.37.